The minimum Gasteiger partial charge on any atom is -0.391 e. The lowest BCUT2D eigenvalue weighted by Crippen LogP contribution is -2.56. The molecule has 0 aromatic carbocycles. The number of hydrogen-bond donors (Lipinski definition) is 3. The summed E-state index contributed by atoms with van der Waals surface area (Å²) in [5.74, 6) is 0.627. The molecule has 0 aromatic heterocycles. The van der Waals surface area contributed by atoms with Crippen molar-refractivity contribution in [2.75, 3.05) is 7.05 Å². The summed E-state index contributed by atoms with van der Waals surface area (Å²) in [5.41, 5.74) is 0. The molecule has 2 rings (SSSR count). The summed E-state index contributed by atoms with van der Waals surface area (Å²) in [6.45, 7) is 0. The van der Waals surface area contributed by atoms with E-state index in [0.717, 1.165) is 30.4 Å². The van der Waals surface area contributed by atoms with Gasteiger partial charge in [0, 0.05) is 6.04 Å². The Kier molecular flexibility index (Phi) is 3.26. The van der Waals surface area contributed by atoms with Crippen molar-refractivity contribution in [1.82, 2.24) is 5.32 Å². The number of hydrogen-bond acceptors (Lipinski definition) is 3. The van der Waals surface area contributed by atoms with Crippen LogP contribution in [0.3, 0.4) is 0 Å². The average molecular weight is 213 g/mol. The van der Waals surface area contributed by atoms with Crippen molar-refractivity contribution in [2.24, 2.45) is 5.92 Å². The predicted molar refractivity (Wildman–Crippen MR) is 57.3 cm³/mol. The molecule has 4 nitrogen and oxygen atoms in total. The molecule has 1 aliphatic carbocycles. The smallest absolute Gasteiger partial charge is 0.208 e. The van der Waals surface area contributed by atoms with E-state index in [9.17, 15) is 5.11 Å². The van der Waals surface area contributed by atoms with Crippen LogP contribution in [0.15, 0.2) is 0 Å². The zero-order valence-corrected chi connectivity index (χ0v) is 9.26. The van der Waals surface area contributed by atoms with Crippen LogP contribution < -0.4 is 5.32 Å². The van der Waals surface area contributed by atoms with Gasteiger partial charge in [-0.3, -0.25) is 10.5 Å². The molecule has 1 saturated heterocycles. The third kappa shape index (κ3) is 2.49. The fraction of sp³-hybridized carbons (Fsp3) is 0.909. The van der Waals surface area contributed by atoms with E-state index >= 15 is 0 Å². The third-order valence-electron chi connectivity index (χ3n) is 3.65. The molecule has 4 unspecified atom stereocenters. The second kappa shape index (κ2) is 4.49. The van der Waals surface area contributed by atoms with Gasteiger partial charge in [-0.05, 0) is 36.3 Å². The van der Waals surface area contributed by atoms with E-state index in [0.29, 0.717) is 5.92 Å². The van der Waals surface area contributed by atoms with E-state index in [4.69, 9.17) is 5.21 Å². The standard InChI is InChI=1S/C11H21N2O2/c1-13(15)7-9-6-5-8-3-2-4-10(14)11(8)12-9/h7-12,14-15H,2-6H2,1H3/q+1. The Morgan fingerprint density at radius 3 is 2.80 bits per heavy atom. The Hall–Kier alpha value is -0.610. The van der Waals surface area contributed by atoms with E-state index in [2.05, 4.69) is 5.32 Å². The van der Waals surface area contributed by atoms with Crippen LogP contribution in [0.4, 0.5) is 0 Å². The first-order valence-electron chi connectivity index (χ1n) is 5.87. The van der Waals surface area contributed by atoms with E-state index in [1.807, 2.05) is 0 Å². The highest BCUT2D eigenvalue weighted by Gasteiger charge is 2.37. The highest BCUT2D eigenvalue weighted by atomic mass is 16.5. The lowest BCUT2D eigenvalue weighted by atomic mass is 9.76. The molecule has 3 N–H and O–H groups in total. The van der Waals surface area contributed by atoms with Crippen LogP contribution in [0, 0.1) is 5.92 Å². The Bertz CT molecular complexity index is 251. The molecule has 0 aromatic rings. The molecule has 1 saturated carbocycles. The molecule has 4 atom stereocenters. The molecule has 1 heterocycles. The maximum absolute atomic E-state index is 9.90. The lowest BCUT2D eigenvalue weighted by Gasteiger charge is -2.41. The third-order valence-corrected chi connectivity index (χ3v) is 3.65. The number of fused-ring (bicyclic) bond motifs is 1. The van der Waals surface area contributed by atoms with Crippen LogP contribution in [-0.4, -0.2) is 46.5 Å². The van der Waals surface area contributed by atoms with Crippen LogP contribution in [0.25, 0.3) is 0 Å². The van der Waals surface area contributed by atoms with Crippen LogP contribution in [0.1, 0.15) is 32.1 Å². The van der Waals surface area contributed by atoms with Crippen molar-refractivity contribution in [2.45, 2.75) is 50.3 Å². The number of aliphatic hydroxyl groups excluding tert-OH is 1. The summed E-state index contributed by atoms with van der Waals surface area (Å²) in [6, 6.07) is 0.433. The Labute approximate surface area is 90.6 Å². The van der Waals surface area contributed by atoms with E-state index < -0.39 is 0 Å². The van der Waals surface area contributed by atoms with Crippen LogP contribution in [0.5, 0.6) is 0 Å². The van der Waals surface area contributed by atoms with Gasteiger partial charge < -0.3 is 5.11 Å². The lowest BCUT2D eigenvalue weighted by molar-refractivity contribution is -0.752. The maximum atomic E-state index is 9.90. The van der Waals surface area contributed by atoms with Crippen LogP contribution >= 0.6 is 0 Å². The second-order valence-electron chi connectivity index (χ2n) is 4.86. The van der Waals surface area contributed by atoms with Crippen molar-refractivity contribution < 1.29 is 15.1 Å². The van der Waals surface area contributed by atoms with Gasteiger partial charge in [0.25, 0.3) is 0 Å². The molecule has 2 aliphatic rings. The fourth-order valence-corrected chi connectivity index (χ4v) is 2.94. The van der Waals surface area contributed by atoms with E-state index in [-0.39, 0.29) is 18.2 Å². The number of rotatable bonds is 1. The quantitative estimate of drug-likeness (QED) is 0.255. The van der Waals surface area contributed by atoms with Gasteiger partial charge in [-0.25, -0.2) is 0 Å². The number of hydroxylamine groups is 1. The molecular weight excluding hydrogens is 192 g/mol. The number of aliphatic hydroxyl groups is 1. The van der Waals surface area contributed by atoms with Crippen molar-refractivity contribution in [3.63, 3.8) is 0 Å². The van der Waals surface area contributed by atoms with Gasteiger partial charge in [-0.15, -0.1) is 0 Å². The van der Waals surface area contributed by atoms with Crippen molar-refractivity contribution >= 4 is 6.21 Å². The highest BCUT2D eigenvalue weighted by Crippen LogP contribution is 2.32. The molecule has 0 radical (unpaired) electrons. The maximum Gasteiger partial charge on any atom is 0.208 e. The van der Waals surface area contributed by atoms with Crippen molar-refractivity contribution in [3.8, 4) is 0 Å². The Morgan fingerprint density at radius 1 is 1.27 bits per heavy atom. The molecular formula is C11H21N2O2+. The van der Waals surface area contributed by atoms with Gasteiger partial charge in [0.1, 0.15) is 0 Å². The molecule has 0 bridgehead atoms. The molecule has 0 spiro atoms. The van der Waals surface area contributed by atoms with Crippen LogP contribution in [0.2, 0.25) is 0 Å². The SMILES string of the molecule is C[N+](O)=CC1CCC2CCCC(O)C2N1. The number of nitrogens with one attached hydrogen (secondary N) is 1. The van der Waals surface area contributed by atoms with Gasteiger partial charge in [0.15, 0.2) is 7.05 Å². The van der Waals surface area contributed by atoms with Crippen LogP contribution in [-0.2, 0) is 0 Å². The van der Waals surface area contributed by atoms with E-state index in [1.165, 1.54) is 6.42 Å². The van der Waals surface area contributed by atoms with Gasteiger partial charge >= 0.3 is 0 Å². The van der Waals surface area contributed by atoms with Crippen molar-refractivity contribution in [1.29, 1.82) is 0 Å². The number of nitrogens with zero attached hydrogens (tertiary/aromatic N) is 1. The minimum absolute atomic E-state index is 0.203. The first kappa shape index (κ1) is 10.9. The first-order chi connectivity index (χ1) is 7.16. The molecule has 86 valence electrons. The minimum atomic E-state index is -0.205. The zero-order chi connectivity index (χ0) is 10.8. The molecule has 1 aliphatic heterocycles. The summed E-state index contributed by atoms with van der Waals surface area (Å²) >= 11 is 0. The monoisotopic (exact) mass is 213 g/mol. The summed E-state index contributed by atoms with van der Waals surface area (Å²) in [6.07, 6.45) is 7.08. The molecule has 0 amide bonds. The second-order valence-corrected chi connectivity index (χ2v) is 4.86. The molecule has 4 heteroatoms. The Morgan fingerprint density at radius 2 is 2.07 bits per heavy atom. The highest BCUT2D eigenvalue weighted by molar-refractivity contribution is 5.59. The summed E-state index contributed by atoms with van der Waals surface area (Å²) in [5, 5.41) is 22.5. The van der Waals surface area contributed by atoms with Gasteiger partial charge in [-0.1, -0.05) is 6.42 Å². The van der Waals surface area contributed by atoms with Crippen molar-refractivity contribution in [3.05, 3.63) is 0 Å². The zero-order valence-electron chi connectivity index (χ0n) is 9.26. The largest absolute Gasteiger partial charge is 0.391 e. The molecule has 2 fully saturated rings. The average Bonchev–Trinajstić information content (AvgIpc) is 2.18. The first-order valence-corrected chi connectivity index (χ1v) is 5.87. The summed E-state index contributed by atoms with van der Waals surface area (Å²) < 4.78 is 1.10. The topological polar surface area (TPSA) is 55.5 Å². The van der Waals surface area contributed by atoms with Gasteiger partial charge in [0.2, 0.25) is 6.21 Å². The van der Waals surface area contributed by atoms with Gasteiger partial charge in [-0.2, -0.15) is 0 Å². The predicted octanol–water partition coefficient (Wildman–Crippen LogP) is 0.370. The molecule has 15 heavy (non-hydrogen) atoms. The summed E-state index contributed by atoms with van der Waals surface area (Å²) in [4.78, 5) is 0. The normalized spacial score (nSPS) is 42.4. The number of piperidine rings is 1. The fourth-order valence-electron chi connectivity index (χ4n) is 2.94. The van der Waals surface area contributed by atoms with Gasteiger partial charge in [0.05, 0.1) is 12.1 Å². The van der Waals surface area contributed by atoms with E-state index in [1.54, 1.807) is 13.3 Å². The summed E-state index contributed by atoms with van der Waals surface area (Å²) in [7, 11) is 1.62. The Balaban J connectivity index is 1.99.